The minimum absolute atomic E-state index is 0.472. The first-order chi connectivity index (χ1) is 11.2. The third-order valence-corrected chi connectivity index (χ3v) is 4.93. The molecule has 0 saturated carbocycles. The number of para-hydroxylation sites is 1. The lowest BCUT2D eigenvalue weighted by Gasteiger charge is -2.46. The van der Waals surface area contributed by atoms with Gasteiger partial charge in [0, 0.05) is 37.3 Å². The van der Waals surface area contributed by atoms with Gasteiger partial charge < -0.3 is 14.8 Å². The SMILES string of the molecule is COc1ccc2c(c1)C(C)(N1CCNCC1)Oc1ccccc1-2. The number of hydrogen-bond donors (Lipinski definition) is 1. The van der Waals surface area contributed by atoms with Gasteiger partial charge in [-0.05, 0) is 30.7 Å². The van der Waals surface area contributed by atoms with Gasteiger partial charge >= 0.3 is 0 Å². The molecule has 1 N–H and O–H groups in total. The normalized spacial score (nSPS) is 23.6. The van der Waals surface area contributed by atoms with Crippen LogP contribution < -0.4 is 14.8 Å². The molecule has 0 radical (unpaired) electrons. The maximum atomic E-state index is 6.53. The topological polar surface area (TPSA) is 33.7 Å². The summed E-state index contributed by atoms with van der Waals surface area (Å²) in [6.07, 6.45) is 0. The summed E-state index contributed by atoms with van der Waals surface area (Å²) in [4.78, 5) is 2.41. The summed E-state index contributed by atoms with van der Waals surface area (Å²) < 4.78 is 12.0. The Kier molecular flexibility index (Phi) is 3.51. The van der Waals surface area contributed by atoms with Crippen LogP contribution in [0, 0.1) is 0 Å². The molecule has 0 aliphatic carbocycles. The number of rotatable bonds is 2. The van der Waals surface area contributed by atoms with E-state index in [9.17, 15) is 0 Å². The Morgan fingerprint density at radius 3 is 2.65 bits per heavy atom. The second-order valence-corrected chi connectivity index (χ2v) is 6.23. The van der Waals surface area contributed by atoms with Crippen LogP contribution in [0.1, 0.15) is 12.5 Å². The van der Waals surface area contributed by atoms with E-state index in [0.29, 0.717) is 0 Å². The van der Waals surface area contributed by atoms with Crippen LogP contribution in [0.5, 0.6) is 11.5 Å². The minimum Gasteiger partial charge on any atom is -0.497 e. The fourth-order valence-electron chi connectivity index (χ4n) is 3.64. The van der Waals surface area contributed by atoms with Gasteiger partial charge in [-0.1, -0.05) is 24.3 Å². The second-order valence-electron chi connectivity index (χ2n) is 6.23. The van der Waals surface area contributed by atoms with E-state index in [-0.39, 0.29) is 0 Å². The summed E-state index contributed by atoms with van der Waals surface area (Å²) in [5.41, 5.74) is 3.09. The van der Waals surface area contributed by atoms with Crippen molar-refractivity contribution in [2.75, 3.05) is 33.3 Å². The predicted molar refractivity (Wildman–Crippen MR) is 90.9 cm³/mol. The monoisotopic (exact) mass is 310 g/mol. The molecule has 2 aromatic carbocycles. The molecule has 2 aromatic rings. The van der Waals surface area contributed by atoms with Gasteiger partial charge in [-0.15, -0.1) is 0 Å². The number of nitrogens with zero attached hydrogens (tertiary/aromatic N) is 1. The highest BCUT2D eigenvalue weighted by Gasteiger charge is 2.42. The van der Waals surface area contributed by atoms with Crippen LogP contribution in [0.3, 0.4) is 0 Å². The number of benzene rings is 2. The van der Waals surface area contributed by atoms with Crippen LogP contribution in [0.15, 0.2) is 42.5 Å². The van der Waals surface area contributed by atoms with Crippen LogP contribution in [-0.2, 0) is 5.72 Å². The fourth-order valence-corrected chi connectivity index (χ4v) is 3.64. The van der Waals surface area contributed by atoms with E-state index in [4.69, 9.17) is 9.47 Å². The molecule has 1 unspecified atom stereocenters. The van der Waals surface area contributed by atoms with Crippen LogP contribution in [0.25, 0.3) is 11.1 Å². The summed E-state index contributed by atoms with van der Waals surface area (Å²) in [6, 6.07) is 14.6. The zero-order chi connectivity index (χ0) is 15.9. The van der Waals surface area contributed by atoms with Gasteiger partial charge in [-0.25, -0.2) is 0 Å². The molecule has 23 heavy (non-hydrogen) atoms. The highest BCUT2D eigenvalue weighted by atomic mass is 16.5. The Hall–Kier alpha value is -2.04. The lowest BCUT2D eigenvalue weighted by molar-refractivity contribution is -0.0845. The zero-order valence-corrected chi connectivity index (χ0v) is 13.6. The molecule has 0 spiro atoms. The molecular formula is C19H22N2O2. The quantitative estimate of drug-likeness (QED) is 0.925. The Morgan fingerprint density at radius 2 is 1.87 bits per heavy atom. The van der Waals surface area contributed by atoms with Gasteiger partial charge in [0.2, 0.25) is 0 Å². The Balaban J connectivity index is 1.89. The van der Waals surface area contributed by atoms with E-state index in [0.717, 1.165) is 43.2 Å². The third-order valence-electron chi connectivity index (χ3n) is 4.93. The highest BCUT2D eigenvalue weighted by Crippen LogP contribution is 2.47. The van der Waals surface area contributed by atoms with Crippen molar-refractivity contribution in [2.24, 2.45) is 0 Å². The van der Waals surface area contributed by atoms with E-state index in [1.807, 2.05) is 12.1 Å². The molecule has 4 nitrogen and oxygen atoms in total. The zero-order valence-electron chi connectivity index (χ0n) is 13.6. The molecule has 120 valence electrons. The number of ether oxygens (including phenoxy) is 2. The summed E-state index contributed by atoms with van der Waals surface area (Å²) in [7, 11) is 1.71. The molecule has 1 fully saturated rings. The van der Waals surface area contributed by atoms with Crippen molar-refractivity contribution in [3.8, 4) is 22.6 Å². The molecule has 1 saturated heterocycles. The largest absolute Gasteiger partial charge is 0.497 e. The first-order valence-electron chi connectivity index (χ1n) is 8.15. The summed E-state index contributed by atoms with van der Waals surface area (Å²) in [6.45, 7) is 6.08. The third kappa shape index (κ3) is 2.30. The molecule has 1 atom stereocenters. The number of nitrogens with one attached hydrogen (secondary N) is 1. The van der Waals surface area contributed by atoms with Gasteiger partial charge in [-0.2, -0.15) is 0 Å². The second kappa shape index (κ2) is 5.55. The molecule has 0 amide bonds. The summed E-state index contributed by atoms with van der Waals surface area (Å²) in [5, 5.41) is 3.41. The fraction of sp³-hybridized carbons (Fsp3) is 0.368. The lowest BCUT2D eigenvalue weighted by Crippen LogP contribution is -2.56. The molecule has 4 heteroatoms. The standard InChI is InChI=1S/C19H22N2O2/c1-19(21-11-9-20-10-12-21)17-13-14(22-2)7-8-15(17)16-5-3-4-6-18(16)23-19/h3-8,13,20H,9-12H2,1-2H3. The van der Waals surface area contributed by atoms with Crippen molar-refractivity contribution in [3.05, 3.63) is 48.0 Å². The van der Waals surface area contributed by atoms with Gasteiger partial charge in [0.15, 0.2) is 5.72 Å². The van der Waals surface area contributed by atoms with Gasteiger partial charge in [0.1, 0.15) is 11.5 Å². The molecule has 2 aliphatic rings. The van der Waals surface area contributed by atoms with Crippen molar-refractivity contribution in [2.45, 2.75) is 12.6 Å². The molecule has 2 aliphatic heterocycles. The minimum atomic E-state index is -0.472. The highest BCUT2D eigenvalue weighted by molar-refractivity contribution is 5.77. The van der Waals surface area contributed by atoms with Crippen LogP contribution in [-0.4, -0.2) is 38.2 Å². The van der Waals surface area contributed by atoms with Crippen molar-refractivity contribution < 1.29 is 9.47 Å². The van der Waals surface area contributed by atoms with Crippen molar-refractivity contribution >= 4 is 0 Å². The average Bonchev–Trinajstić information content (AvgIpc) is 2.62. The molecule has 0 bridgehead atoms. The average molecular weight is 310 g/mol. The Morgan fingerprint density at radius 1 is 1.09 bits per heavy atom. The number of piperazine rings is 1. The lowest BCUT2D eigenvalue weighted by atomic mass is 9.88. The maximum Gasteiger partial charge on any atom is 0.187 e. The number of hydrogen-bond acceptors (Lipinski definition) is 4. The summed E-state index contributed by atoms with van der Waals surface area (Å²) >= 11 is 0. The van der Waals surface area contributed by atoms with Crippen molar-refractivity contribution in [1.29, 1.82) is 0 Å². The smallest absolute Gasteiger partial charge is 0.187 e. The molecule has 4 rings (SSSR count). The van der Waals surface area contributed by atoms with Crippen molar-refractivity contribution in [3.63, 3.8) is 0 Å². The van der Waals surface area contributed by atoms with Gasteiger partial charge in [0.25, 0.3) is 0 Å². The van der Waals surface area contributed by atoms with Crippen LogP contribution >= 0.6 is 0 Å². The Labute approximate surface area is 137 Å². The maximum absolute atomic E-state index is 6.53. The first-order valence-corrected chi connectivity index (χ1v) is 8.15. The molecule has 2 heterocycles. The van der Waals surface area contributed by atoms with E-state index in [1.54, 1.807) is 7.11 Å². The molecule has 0 aromatic heterocycles. The number of methoxy groups -OCH3 is 1. The van der Waals surface area contributed by atoms with Crippen LogP contribution in [0.2, 0.25) is 0 Å². The summed E-state index contributed by atoms with van der Waals surface area (Å²) in [5.74, 6) is 1.82. The Bertz CT molecular complexity index is 725. The van der Waals surface area contributed by atoms with Gasteiger partial charge in [0.05, 0.1) is 7.11 Å². The van der Waals surface area contributed by atoms with Crippen LogP contribution in [0.4, 0.5) is 0 Å². The number of fused-ring (bicyclic) bond motifs is 3. The van der Waals surface area contributed by atoms with E-state index < -0.39 is 5.72 Å². The van der Waals surface area contributed by atoms with Crippen molar-refractivity contribution in [1.82, 2.24) is 10.2 Å². The predicted octanol–water partition coefficient (Wildman–Crippen LogP) is 2.83. The van der Waals surface area contributed by atoms with E-state index in [2.05, 4.69) is 47.5 Å². The molecular weight excluding hydrogens is 288 g/mol. The van der Waals surface area contributed by atoms with E-state index in [1.165, 1.54) is 11.1 Å². The van der Waals surface area contributed by atoms with Gasteiger partial charge in [-0.3, -0.25) is 4.90 Å². The van der Waals surface area contributed by atoms with E-state index >= 15 is 0 Å². The first kappa shape index (κ1) is 14.5.